The zero-order chi connectivity index (χ0) is 24.0. The number of aliphatic carboxylic acids is 1. The predicted octanol–water partition coefficient (Wildman–Crippen LogP) is 5.77. The highest BCUT2D eigenvalue weighted by molar-refractivity contribution is 8.26. The van der Waals surface area contributed by atoms with Crippen molar-refractivity contribution >= 4 is 57.9 Å². The van der Waals surface area contributed by atoms with Crippen LogP contribution < -0.4 is 9.47 Å². The lowest BCUT2D eigenvalue weighted by atomic mass is 10.1. The summed E-state index contributed by atoms with van der Waals surface area (Å²) in [6.45, 7) is 2.32. The highest BCUT2D eigenvalue weighted by Crippen LogP contribution is 2.36. The number of ether oxygens (including phenoxy) is 2. The Kier molecular flexibility index (Phi) is 8.77. The Bertz CT molecular complexity index is 1070. The molecule has 33 heavy (non-hydrogen) atoms. The highest BCUT2D eigenvalue weighted by atomic mass is 35.5. The van der Waals surface area contributed by atoms with Crippen molar-refractivity contribution in [2.45, 2.75) is 38.8 Å². The fraction of sp³-hybridized carbons (Fsp3) is 0.292. The fourth-order valence-corrected chi connectivity index (χ4v) is 4.78. The molecule has 0 aromatic heterocycles. The summed E-state index contributed by atoms with van der Waals surface area (Å²) in [6, 6.07) is 11.7. The molecule has 1 aliphatic heterocycles. The summed E-state index contributed by atoms with van der Waals surface area (Å²) in [6.07, 6.45) is 3.57. The zero-order valence-electron chi connectivity index (χ0n) is 18.2. The first kappa shape index (κ1) is 25.1. The van der Waals surface area contributed by atoms with Crippen LogP contribution in [-0.4, -0.2) is 39.4 Å². The normalized spacial score (nSPS) is 15.7. The van der Waals surface area contributed by atoms with E-state index in [1.807, 2.05) is 19.1 Å². The molecule has 1 unspecified atom stereocenters. The number of thioether (sulfide) groups is 1. The summed E-state index contributed by atoms with van der Waals surface area (Å²) in [5.74, 6) is -0.373. The predicted molar refractivity (Wildman–Crippen MR) is 135 cm³/mol. The first-order chi connectivity index (χ1) is 15.8. The number of halogens is 1. The number of carbonyl (C=O) groups excluding carboxylic acids is 1. The van der Waals surface area contributed by atoms with E-state index in [-0.39, 0.29) is 4.32 Å². The summed E-state index contributed by atoms with van der Waals surface area (Å²) in [7, 11) is 1.54. The van der Waals surface area contributed by atoms with Crippen molar-refractivity contribution in [2.24, 2.45) is 0 Å². The number of hydrogen-bond donors (Lipinski definition) is 1. The van der Waals surface area contributed by atoms with Gasteiger partial charge >= 0.3 is 5.97 Å². The quantitative estimate of drug-likeness (QED) is 0.324. The largest absolute Gasteiger partial charge is 0.493 e. The Morgan fingerprint density at radius 2 is 1.97 bits per heavy atom. The van der Waals surface area contributed by atoms with E-state index in [9.17, 15) is 14.7 Å². The third kappa shape index (κ3) is 6.28. The number of carboxylic acid groups (broad SMARTS) is 1. The Labute approximate surface area is 207 Å². The minimum atomic E-state index is -1.05. The van der Waals surface area contributed by atoms with Crippen molar-refractivity contribution in [3.8, 4) is 11.5 Å². The van der Waals surface area contributed by atoms with Gasteiger partial charge in [0.15, 0.2) is 11.5 Å². The number of methoxy groups -OCH3 is 1. The molecule has 2 aromatic carbocycles. The van der Waals surface area contributed by atoms with Gasteiger partial charge in [-0.25, -0.2) is 4.79 Å². The molecule has 1 aliphatic rings. The van der Waals surface area contributed by atoms with E-state index in [2.05, 4.69) is 0 Å². The average molecular weight is 506 g/mol. The standard InChI is InChI=1S/C24H24ClNO5S2/c1-3-4-5-18(23(28)29)26-22(27)21(33-24(26)32)13-16-8-11-19(20(12-16)30-2)31-14-15-6-9-17(25)10-7-15/h6-13,18H,3-5,14H2,1-2H3,(H,28,29)/b21-13-. The zero-order valence-corrected chi connectivity index (χ0v) is 20.6. The molecule has 6 nitrogen and oxygen atoms in total. The van der Waals surface area contributed by atoms with Gasteiger partial charge in [0.2, 0.25) is 0 Å². The van der Waals surface area contributed by atoms with Crippen LogP contribution in [0.4, 0.5) is 0 Å². The average Bonchev–Trinajstić information content (AvgIpc) is 3.07. The smallest absolute Gasteiger partial charge is 0.326 e. The Balaban J connectivity index is 1.77. The van der Waals surface area contributed by atoms with Crippen LogP contribution in [0.1, 0.15) is 37.3 Å². The van der Waals surface area contributed by atoms with Crippen molar-refractivity contribution in [1.29, 1.82) is 0 Å². The molecule has 1 heterocycles. The van der Waals surface area contributed by atoms with Crippen LogP contribution in [0.15, 0.2) is 47.4 Å². The molecule has 0 radical (unpaired) electrons. The monoisotopic (exact) mass is 505 g/mol. The Morgan fingerprint density at radius 1 is 1.24 bits per heavy atom. The summed E-state index contributed by atoms with van der Waals surface area (Å²) in [5.41, 5.74) is 1.68. The third-order valence-corrected chi connectivity index (χ3v) is 6.63. The number of carboxylic acids is 1. The van der Waals surface area contributed by atoms with Crippen molar-refractivity contribution in [3.05, 3.63) is 63.5 Å². The molecule has 1 saturated heterocycles. The van der Waals surface area contributed by atoms with Gasteiger partial charge in [0.25, 0.3) is 5.91 Å². The van der Waals surface area contributed by atoms with Crippen molar-refractivity contribution < 1.29 is 24.2 Å². The summed E-state index contributed by atoms with van der Waals surface area (Å²) >= 11 is 12.3. The van der Waals surface area contributed by atoms with Gasteiger partial charge in [0.1, 0.15) is 17.0 Å². The van der Waals surface area contributed by atoms with E-state index in [1.54, 1.807) is 43.5 Å². The fourth-order valence-electron chi connectivity index (χ4n) is 3.30. The molecule has 1 fully saturated rings. The maximum atomic E-state index is 13.0. The molecule has 0 aliphatic carbocycles. The van der Waals surface area contributed by atoms with Gasteiger partial charge in [-0.15, -0.1) is 0 Å². The van der Waals surface area contributed by atoms with Crippen LogP contribution in [0.3, 0.4) is 0 Å². The van der Waals surface area contributed by atoms with Crippen LogP contribution in [0.25, 0.3) is 6.08 Å². The van der Waals surface area contributed by atoms with Crippen LogP contribution >= 0.6 is 35.6 Å². The van der Waals surface area contributed by atoms with Gasteiger partial charge in [0, 0.05) is 5.02 Å². The molecule has 3 rings (SSSR count). The van der Waals surface area contributed by atoms with E-state index < -0.39 is 17.9 Å². The minimum absolute atomic E-state index is 0.254. The SMILES string of the molecule is CCCCC(C(=O)O)N1C(=O)/C(=C/c2ccc(OCc3ccc(Cl)cc3)c(OC)c2)SC1=S. The molecule has 0 bridgehead atoms. The van der Waals surface area contributed by atoms with Crippen LogP contribution in [0, 0.1) is 0 Å². The van der Waals surface area contributed by atoms with E-state index in [0.717, 1.165) is 23.7 Å². The molecule has 9 heteroatoms. The second-order valence-electron chi connectivity index (χ2n) is 7.37. The number of carbonyl (C=O) groups is 2. The number of rotatable bonds is 10. The molecule has 0 saturated carbocycles. The summed E-state index contributed by atoms with van der Waals surface area (Å²) in [5, 5.41) is 10.3. The molecule has 0 spiro atoms. The van der Waals surface area contributed by atoms with Crippen molar-refractivity contribution in [3.63, 3.8) is 0 Å². The lowest BCUT2D eigenvalue weighted by molar-refractivity contribution is -0.145. The lowest BCUT2D eigenvalue weighted by Gasteiger charge is -2.22. The van der Waals surface area contributed by atoms with E-state index in [4.69, 9.17) is 33.3 Å². The number of benzene rings is 2. The molecular weight excluding hydrogens is 482 g/mol. The first-order valence-electron chi connectivity index (χ1n) is 10.4. The second-order valence-corrected chi connectivity index (χ2v) is 9.49. The Hall–Kier alpha value is -2.55. The van der Waals surface area contributed by atoms with Crippen LogP contribution in [-0.2, 0) is 16.2 Å². The van der Waals surface area contributed by atoms with Crippen LogP contribution in [0.5, 0.6) is 11.5 Å². The molecule has 1 atom stereocenters. The number of hydrogen-bond acceptors (Lipinski definition) is 6. The van der Waals surface area contributed by atoms with Crippen molar-refractivity contribution in [1.82, 2.24) is 4.90 Å². The maximum Gasteiger partial charge on any atom is 0.326 e. The maximum absolute atomic E-state index is 13.0. The van der Waals surface area contributed by atoms with Gasteiger partial charge in [-0.3, -0.25) is 9.69 Å². The van der Waals surface area contributed by atoms with E-state index in [1.165, 1.54) is 4.90 Å². The topological polar surface area (TPSA) is 76.1 Å². The molecular formula is C24H24ClNO5S2. The summed E-state index contributed by atoms with van der Waals surface area (Å²) in [4.78, 5) is 26.3. The van der Waals surface area contributed by atoms with E-state index >= 15 is 0 Å². The van der Waals surface area contributed by atoms with Crippen LogP contribution in [0.2, 0.25) is 5.02 Å². The van der Waals surface area contributed by atoms with Gasteiger partial charge in [0.05, 0.1) is 12.0 Å². The van der Waals surface area contributed by atoms with Gasteiger partial charge in [-0.2, -0.15) is 0 Å². The number of amides is 1. The van der Waals surface area contributed by atoms with Gasteiger partial charge < -0.3 is 14.6 Å². The third-order valence-electron chi connectivity index (χ3n) is 5.04. The van der Waals surface area contributed by atoms with Crippen molar-refractivity contribution in [2.75, 3.05) is 7.11 Å². The molecule has 2 aromatic rings. The second kappa shape index (κ2) is 11.5. The number of thiocarbonyl (C=S) groups is 1. The Morgan fingerprint density at radius 3 is 2.61 bits per heavy atom. The highest BCUT2D eigenvalue weighted by Gasteiger charge is 2.40. The summed E-state index contributed by atoms with van der Waals surface area (Å²) < 4.78 is 11.6. The number of unbranched alkanes of at least 4 members (excludes halogenated alkanes) is 1. The molecule has 1 amide bonds. The van der Waals surface area contributed by atoms with Gasteiger partial charge in [-0.05, 0) is 47.9 Å². The van der Waals surface area contributed by atoms with Gasteiger partial charge in [-0.1, -0.05) is 73.5 Å². The van der Waals surface area contributed by atoms with E-state index in [0.29, 0.717) is 46.4 Å². The molecule has 1 N–H and O–H groups in total. The lowest BCUT2D eigenvalue weighted by Crippen LogP contribution is -2.43. The number of nitrogens with zero attached hydrogens (tertiary/aromatic N) is 1. The first-order valence-corrected chi connectivity index (χ1v) is 12.0. The molecule has 174 valence electrons. The minimum Gasteiger partial charge on any atom is -0.493 e.